The maximum atomic E-state index is 11.4. The van der Waals surface area contributed by atoms with E-state index in [1.165, 1.54) is 0 Å². The summed E-state index contributed by atoms with van der Waals surface area (Å²) in [5.74, 6) is -0.0636. The molecule has 0 radical (unpaired) electrons. The lowest BCUT2D eigenvalue weighted by atomic mass is 10.2. The van der Waals surface area contributed by atoms with Crippen LogP contribution in [0, 0.1) is 0 Å². The topological polar surface area (TPSA) is 58.4 Å². The number of halogens is 1. The van der Waals surface area contributed by atoms with Crippen molar-refractivity contribution in [2.75, 3.05) is 25.0 Å². The van der Waals surface area contributed by atoms with Crippen LogP contribution >= 0.6 is 23.8 Å². The van der Waals surface area contributed by atoms with Crippen molar-refractivity contribution in [3.8, 4) is 0 Å². The van der Waals surface area contributed by atoms with Gasteiger partial charge in [0.25, 0.3) is 0 Å². The molecule has 0 spiro atoms. The first kappa shape index (κ1) is 14.7. The molecule has 0 bridgehead atoms. The summed E-state index contributed by atoms with van der Waals surface area (Å²) in [5.41, 5.74) is 7.05. The summed E-state index contributed by atoms with van der Waals surface area (Å²) < 4.78 is 0. The Morgan fingerprint density at radius 2 is 2.22 bits per heavy atom. The van der Waals surface area contributed by atoms with Crippen LogP contribution in [0.15, 0.2) is 18.2 Å². The highest BCUT2D eigenvalue weighted by atomic mass is 35.5. The number of carbonyl (C=O) groups excluding carboxylic acids is 1. The van der Waals surface area contributed by atoms with Crippen LogP contribution in [0.2, 0.25) is 5.02 Å². The number of hydrogen-bond donors (Lipinski definition) is 2. The molecule has 1 aromatic carbocycles. The fourth-order valence-corrected chi connectivity index (χ4v) is 1.96. The third-order valence-corrected chi connectivity index (χ3v) is 3.11. The first-order valence-electron chi connectivity index (χ1n) is 5.54. The van der Waals surface area contributed by atoms with Crippen LogP contribution < -0.4 is 16.0 Å². The van der Waals surface area contributed by atoms with Crippen molar-refractivity contribution in [1.82, 2.24) is 5.32 Å². The van der Waals surface area contributed by atoms with Crippen molar-refractivity contribution in [1.29, 1.82) is 0 Å². The van der Waals surface area contributed by atoms with E-state index in [-0.39, 0.29) is 12.5 Å². The van der Waals surface area contributed by atoms with E-state index in [0.717, 1.165) is 11.3 Å². The number of amides is 1. The van der Waals surface area contributed by atoms with Gasteiger partial charge in [0, 0.05) is 19.2 Å². The Hall–Kier alpha value is -1.33. The normalized spacial score (nSPS) is 9.94. The molecule has 0 saturated carbocycles. The van der Waals surface area contributed by atoms with Crippen LogP contribution in [-0.4, -0.2) is 31.0 Å². The monoisotopic (exact) mass is 285 g/mol. The molecular formula is C12H16ClN3OS. The first-order chi connectivity index (χ1) is 8.49. The zero-order chi connectivity index (χ0) is 13.7. The number of nitrogens with one attached hydrogen (secondary N) is 1. The quantitative estimate of drug-likeness (QED) is 0.806. The highest BCUT2D eigenvalue weighted by molar-refractivity contribution is 7.80. The van der Waals surface area contributed by atoms with E-state index in [1.54, 1.807) is 19.2 Å². The third kappa shape index (κ3) is 3.58. The predicted octanol–water partition coefficient (Wildman–Crippen LogP) is 1.55. The highest BCUT2D eigenvalue weighted by Gasteiger charge is 2.12. The van der Waals surface area contributed by atoms with Crippen molar-refractivity contribution in [3.05, 3.63) is 28.8 Å². The summed E-state index contributed by atoms with van der Waals surface area (Å²) >= 11 is 11.1. The van der Waals surface area contributed by atoms with Gasteiger partial charge in [0.15, 0.2) is 0 Å². The molecule has 0 unspecified atom stereocenters. The number of anilines is 1. The van der Waals surface area contributed by atoms with Crippen LogP contribution in [0.1, 0.15) is 12.5 Å². The van der Waals surface area contributed by atoms with Crippen LogP contribution in [0.3, 0.4) is 0 Å². The number of hydrogen-bond acceptors (Lipinski definition) is 3. The van der Waals surface area contributed by atoms with E-state index in [1.807, 2.05) is 17.9 Å². The molecular weight excluding hydrogens is 270 g/mol. The third-order valence-electron chi connectivity index (χ3n) is 2.57. The maximum absolute atomic E-state index is 11.4. The average Bonchev–Trinajstić information content (AvgIpc) is 2.35. The molecule has 0 aliphatic carbocycles. The molecule has 1 rings (SSSR count). The first-order valence-corrected chi connectivity index (χ1v) is 6.33. The summed E-state index contributed by atoms with van der Waals surface area (Å²) in [6.07, 6.45) is 0. The number of thiocarbonyl (C=S) groups is 1. The number of benzene rings is 1. The van der Waals surface area contributed by atoms with E-state index >= 15 is 0 Å². The minimum Gasteiger partial charge on any atom is -0.389 e. The average molecular weight is 286 g/mol. The number of nitrogens with zero attached hydrogens (tertiary/aromatic N) is 1. The predicted molar refractivity (Wildman–Crippen MR) is 79.3 cm³/mol. The number of nitrogens with two attached hydrogens (primary N) is 1. The van der Waals surface area contributed by atoms with Gasteiger partial charge in [0.1, 0.15) is 4.99 Å². The standard InChI is InChI=1S/C12H16ClN3OS/c1-3-16(7-11(17)15-2)10-5-4-8(12(14)18)6-9(10)13/h4-6H,3,7H2,1-2H3,(H2,14,18)(H,15,17). The van der Waals surface area contributed by atoms with Crippen molar-refractivity contribution >= 4 is 40.4 Å². The van der Waals surface area contributed by atoms with E-state index in [0.29, 0.717) is 16.6 Å². The number of likely N-dealkylation sites (N-methyl/N-ethyl adjacent to an activating group) is 2. The van der Waals surface area contributed by atoms with Crippen molar-refractivity contribution < 1.29 is 4.79 Å². The fraction of sp³-hybridized carbons (Fsp3) is 0.333. The number of carbonyl (C=O) groups is 1. The molecule has 4 nitrogen and oxygen atoms in total. The summed E-state index contributed by atoms with van der Waals surface area (Å²) in [6, 6.07) is 5.34. The van der Waals surface area contributed by atoms with Gasteiger partial charge in [-0.25, -0.2) is 0 Å². The highest BCUT2D eigenvalue weighted by Crippen LogP contribution is 2.26. The van der Waals surface area contributed by atoms with Gasteiger partial charge < -0.3 is 16.0 Å². The van der Waals surface area contributed by atoms with Crippen LogP contribution in [0.4, 0.5) is 5.69 Å². The second-order valence-corrected chi connectivity index (χ2v) is 4.56. The smallest absolute Gasteiger partial charge is 0.239 e. The van der Waals surface area contributed by atoms with Gasteiger partial charge in [-0.05, 0) is 25.1 Å². The largest absolute Gasteiger partial charge is 0.389 e. The zero-order valence-corrected chi connectivity index (χ0v) is 11.9. The Morgan fingerprint density at radius 3 is 2.67 bits per heavy atom. The lowest BCUT2D eigenvalue weighted by Crippen LogP contribution is -2.35. The number of rotatable bonds is 5. The van der Waals surface area contributed by atoms with E-state index in [2.05, 4.69) is 5.32 Å². The van der Waals surface area contributed by atoms with Gasteiger partial charge in [0.2, 0.25) is 5.91 Å². The summed E-state index contributed by atoms with van der Waals surface area (Å²) in [4.78, 5) is 13.6. The molecule has 0 saturated heterocycles. The summed E-state index contributed by atoms with van der Waals surface area (Å²) in [7, 11) is 1.60. The summed E-state index contributed by atoms with van der Waals surface area (Å²) in [5, 5.41) is 3.12. The van der Waals surface area contributed by atoms with Crippen molar-refractivity contribution in [3.63, 3.8) is 0 Å². The van der Waals surface area contributed by atoms with E-state index in [9.17, 15) is 4.79 Å². The molecule has 0 atom stereocenters. The van der Waals surface area contributed by atoms with Gasteiger partial charge in [-0.2, -0.15) is 0 Å². The molecule has 1 amide bonds. The molecule has 18 heavy (non-hydrogen) atoms. The molecule has 0 fully saturated rings. The summed E-state index contributed by atoms with van der Waals surface area (Å²) in [6.45, 7) is 2.90. The lowest BCUT2D eigenvalue weighted by Gasteiger charge is -2.23. The Balaban J connectivity index is 3.00. The van der Waals surface area contributed by atoms with E-state index in [4.69, 9.17) is 29.6 Å². The van der Waals surface area contributed by atoms with Gasteiger partial charge in [0.05, 0.1) is 17.3 Å². The van der Waals surface area contributed by atoms with Crippen LogP contribution in [0.5, 0.6) is 0 Å². The van der Waals surface area contributed by atoms with Gasteiger partial charge in [-0.3, -0.25) is 4.79 Å². The van der Waals surface area contributed by atoms with Gasteiger partial charge in [-0.15, -0.1) is 0 Å². The van der Waals surface area contributed by atoms with Crippen molar-refractivity contribution in [2.24, 2.45) is 5.73 Å². The minimum atomic E-state index is -0.0636. The Morgan fingerprint density at radius 1 is 1.56 bits per heavy atom. The van der Waals surface area contributed by atoms with Crippen LogP contribution in [0.25, 0.3) is 0 Å². The fourth-order valence-electron chi connectivity index (χ4n) is 1.54. The molecule has 6 heteroatoms. The Kier molecular flexibility index (Phi) is 5.37. The molecule has 98 valence electrons. The lowest BCUT2D eigenvalue weighted by molar-refractivity contribution is -0.119. The van der Waals surface area contributed by atoms with Crippen LogP contribution in [-0.2, 0) is 4.79 Å². The van der Waals surface area contributed by atoms with E-state index < -0.39 is 0 Å². The Bertz CT molecular complexity index is 465. The maximum Gasteiger partial charge on any atom is 0.239 e. The molecule has 0 aromatic heterocycles. The second kappa shape index (κ2) is 6.56. The molecule has 0 aliphatic rings. The molecule has 3 N–H and O–H groups in total. The second-order valence-electron chi connectivity index (χ2n) is 3.72. The van der Waals surface area contributed by atoms with Crippen molar-refractivity contribution in [2.45, 2.75) is 6.92 Å². The SMILES string of the molecule is CCN(CC(=O)NC)c1ccc(C(N)=S)cc1Cl. The zero-order valence-electron chi connectivity index (χ0n) is 10.4. The van der Waals surface area contributed by atoms with Gasteiger partial charge in [-0.1, -0.05) is 23.8 Å². The van der Waals surface area contributed by atoms with Gasteiger partial charge >= 0.3 is 0 Å². The Labute approximate surface area is 117 Å². The minimum absolute atomic E-state index is 0.0636. The molecule has 0 aliphatic heterocycles. The molecule has 0 heterocycles. The molecule has 1 aromatic rings.